The predicted octanol–water partition coefficient (Wildman–Crippen LogP) is 9.91. The van der Waals surface area contributed by atoms with Crippen LogP contribution in [0.2, 0.25) is 0 Å². The Morgan fingerprint density at radius 3 is 1.49 bits per heavy atom. The quantitative estimate of drug-likeness (QED) is 0.221. The van der Waals surface area contributed by atoms with Gasteiger partial charge >= 0.3 is 0 Å². The lowest BCUT2D eigenvalue weighted by Crippen LogP contribution is -2.25. The molecule has 1 spiro atoms. The second kappa shape index (κ2) is 8.36. The van der Waals surface area contributed by atoms with Gasteiger partial charge in [-0.2, -0.15) is 0 Å². The molecule has 6 aromatic carbocycles. The molecule has 190 valence electrons. The minimum absolute atomic E-state index is 0.314. The van der Waals surface area contributed by atoms with Crippen LogP contribution in [0.4, 0.5) is 0 Å². The summed E-state index contributed by atoms with van der Waals surface area (Å²) in [5.74, 6) is 0. The number of aromatic nitrogens is 1. The molecule has 0 aliphatic heterocycles. The predicted molar refractivity (Wildman–Crippen MR) is 169 cm³/mol. The van der Waals surface area contributed by atoms with Crippen LogP contribution >= 0.6 is 0 Å². The largest absolute Gasteiger partial charge is 0.256 e. The maximum atomic E-state index is 4.67. The third kappa shape index (κ3) is 3.03. The molecule has 0 atom stereocenters. The van der Waals surface area contributed by atoms with Crippen LogP contribution in [-0.2, 0) is 5.41 Å². The van der Waals surface area contributed by atoms with E-state index >= 15 is 0 Å². The van der Waals surface area contributed by atoms with Gasteiger partial charge in [0.05, 0.1) is 10.9 Å². The first kappa shape index (κ1) is 22.5. The monoisotopic (exact) mass is 519 g/mol. The fourth-order valence-corrected chi connectivity index (χ4v) is 7.36. The van der Waals surface area contributed by atoms with Crippen molar-refractivity contribution in [1.29, 1.82) is 0 Å². The number of fused-ring (bicyclic) bond motifs is 11. The van der Waals surface area contributed by atoms with Gasteiger partial charge in [-0.15, -0.1) is 0 Å². The molecule has 2 aliphatic rings. The standard InChI is InChI=1S/C40H25N/c1-8-16-39-29(9-1)23-30(25-41-39)27-19-17-26(18-20-27)28-21-22-34-33-12-4-7-15-37(33)40(38(34)24-28)35-13-5-2-10-31(35)32-11-3-6-14-36(32)40/h1-25H. The molecule has 0 bridgehead atoms. The van der Waals surface area contributed by atoms with E-state index in [4.69, 9.17) is 0 Å². The van der Waals surface area contributed by atoms with Crippen molar-refractivity contribution in [2.75, 3.05) is 0 Å². The second-order valence-corrected chi connectivity index (χ2v) is 11.1. The van der Waals surface area contributed by atoms with Gasteiger partial charge in [-0.05, 0) is 79.4 Å². The summed E-state index contributed by atoms with van der Waals surface area (Å²) in [4.78, 5) is 4.67. The molecule has 0 amide bonds. The Morgan fingerprint density at radius 1 is 0.366 bits per heavy atom. The SMILES string of the molecule is c1ccc2c(c1)-c1ccccc1C21c2ccccc2-c2ccc(-c3ccc(-c4cnc5ccccc5c4)cc3)cc21. The number of hydrogen-bond donors (Lipinski definition) is 0. The van der Waals surface area contributed by atoms with Gasteiger partial charge < -0.3 is 0 Å². The van der Waals surface area contributed by atoms with Crippen molar-refractivity contribution < 1.29 is 0 Å². The summed E-state index contributed by atoms with van der Waals surface area (Å²) in [7, 11) is 0. The summed E-state index contributed by atoms with van der Waals surface area (Å²) in [6.07, 6.45) is 1.97. The van der Waals surface area contributed by atoms with Gasteiger partial charge in [-0.25, -0.2) is 0 Å². The normalized spacial score (nSPS) is 13.6. The van der Waals surface area contributed by atoms with E-state index in [0.29, 0.717) is 0 Å². The molecule has 0 N–H and O–H groups in total. The number of benzene rings is 6. The zero-order chi connectivity index (χ0) is 27.0. The van der Waals surface area contributed by atoms with Crippen LogP contribution in [-0.4, -0.2) is 4.98 Å². The van der Waals surface area contributed by atoms with E-state index < -0.39 is 0 Å². The van der Waals surface area contributed by atoms with E-state index in [9.17, 15) is 0 Å². The molecule has 1 heteroatoms. The van der Waals surface area contributed by atoms with Crippen molar-refractivity contribution >= 4 is 10.9 Å². The lowest BCUT2D eigenvalue weighted by atomic mass is 9.70. The average Bonchev–Trinajstić information content (AvgIpc) is 3.52. The number of rotatable bonds is 2. The summed E-state index contributed by atoms with van der Waals surface area (Å²) in [6, 6.07) is 53.4. The van der Waals surface area contributed by atoms with Crippen molar-refractivity contribution in [2.45, 2.75) is 5.41 Å². The van der Waals surface area contributed by atoms with Gasteiger partial charge in [-0.3, -0.25) is 4.98 Å². The summed E-state index contributed by atoms with van der Waals surface area (Å²) < 4.78 is 0. The summed E-state index contributed by atoms with van der Waals surface area (Å²) in [5, 5.41) is 1.16. The molecule has 1 heterocycles. The maximum Gasteiger partial charge on any atom is 0.0725 e. The van der Waals surface area contributed by atoms with Gasteiger partial charge in [0.2, 0.25) is 0 Å². The molecule has 0 fully saturated rings. The third-order valence-corrected chi connectivity index (χ3v) is 9.14. The topological polar surface area (TPSA) is 12.9 Å². The van der Waals surface area contributed by atoms with Crippen LogP contribution in [0.3, 0.4) is 0 Å². The van der Waals surface area contributed by atoms with Crippen molar-refractivity contribution in [3.63, 3.8) is 0 Å². The summed E-state index contributed by atoms with van der Waals surface area (Å²) in [6.45, 7) is 0. The smallest absolute Gasteiger partial charge is 0.0725 e. The molecular formula is C40H25N. The Bertz CT molecular complexity index is 2090. The Morgan fingerprint density at radius 2 is 0.854 bits per heavy atom. The van der Waals surface area contributed by atoms with Crippen molar-refractivity contribution in [3.05, 3.63) is 174 Å². The van der Waals surface area contributed by atoms with Crippen LogP contribution in [0.1, 0.15) is 22.3 Å². The van der Waals surface area contributed by atoms with Gasteiger partial charge in [0.15, 0.2) is 0 Å². The van der Waals surface area contributed by atoms with Crippen LogP contribution in [0.15, 0.2) is 152 Å². The van der Waals surface area contributed by atoms with E-state index in [0.717, 1.165) is 16.5 Å². The number of hydrogen-bond acceptors (Lipinski definition) is 1. The zero-order valence-corrected chi connectivity index (χ0v) is 22.4. The second-order valence-electron chi connectivity index (χ2n) is 11.1. The Kier molecular flexibility index (Phi) is 4.60. The first-order valence-electron chi connectivity index (χ1n) is 14.2. The van der Waals surface area contributed by atoms with Crippen molar-refractivity contribution in [2.24, 2.45) is 0 Å². The Balaban J connectivity index is 1.22. The highest BCUT2D eigenvalue weighted by Gasteiger charge is 2.51. The Hall–Kier alpha value is -5.27. The molecule has 9 rings (SSSR count). The summed E-state index contributed by atoms with van der Waals surface area (Å²) >= 11 is 0. The third-order valence-electron chi connectivity index (χ3n) is 9.14. The van der Waals surface area contributed by atoms with Crippen LogP contribution in [0, 0.1) is 0 Å². The molecule has 0 saturated heterocycles. The number of nitrogens with zero attached hydrogens (tertiary/aromatic N) is 1. The van der Waals surface area contributed by atoms with Crippen LogP contribution in [0.25, 0.3) is 55.4 Å². The average molecular weight is 520 g/mol. The number of para-hydroxylation sites is 1. The van der Waals surface area contributed by atoms with Gasteiger partial charge in [-0.1, -0.05) is 127 Å². The van der Waals surface area contributed by atoms with Gasteiger partial charge in [0.25, 0.3) is 0 Å². The van der Waals surface area contributed by atoms with E-state index in [1.54, 1.807) is 0 Å². The molecule has 2 aliphatic carbocycles. The molecule has 0 saturated carbocycles. The van der Waals surface area contributed by atoms with Gasteiger partial charge in [0, 0.05) is 17.1 Å². The fourth-order valence-electron chi connectivity index (χ4n) is 7.36. The van der Waals surface area contributed by atoms with Crippen molar-refractivity contribution in [1.82, 2.24) is 4.98 Å². The van der Waals surface area contributed by atoms with Gasteiger partial charge in [0.1, 0.15) is 0 Å². The lowest BCUT2D eigenvalue weighted by Gasteiger charge is -2.30. The highest BCUT2D eigenvalue weighted by atomic mass is 14.6. The van der Waals surface area contributed by atoms with Crippen LogP contribution < -0.4 is 0 Å². The maximum absolute atomic E-state index is 4.67. The molecule has 7 aromatic rings. The molecule has 41 heavy (non-hydrogen) atoms. The minimum atomic E-state index is -0.314. The molecule has 1 nitrogen and oxygen atoms in total. The van der Waals surface area contributed by atoms with Crippen LogP contribution in [0.5, 0.6) is 0 Å². The molecule has 0 radical (unpaired) electrons. The first-order chi connectivity index (χ1) is 20.3. The molecule has 1 aromatic heterocycles. The van der Waals surface area contributed by atoms with E-state index in [1.807, 2.05) is 12.3 Å². The van der Waals surface area contributed by atoms with E-state index in [2.05, 4.69) is 145 Å². The highest BCUT2D eigenvalue weighted by Crippen LogP contribution is 2.62. The fraction of sp³-hybridized carbons (Fsp3) is 0.0250. The molecule has 0 unspecified atom stereocenters. The minimum Gasteiger partial charge on any atom is -0.256 e. The lowest BCUT2D eigenvalue weighted by molar-refractivity contribution is 0.794. The van der Waals surface area contributed by atoms with E-state index in [-0.39, 0.29) is 5.41 Å². The van der Waals surface area contributed by atoms with Crippen molar-refractivity contribution in [3.8, 4) is 44.5 Å². The highest BCUT2D eigenvalue weighted by molar-refractivity contribution is 5.96. The molecular weight excluding hydrogens is 494 g/mol. The zero-order valence-electron chi connectivity index (χ0n) is 22.4. The van der Waals surface area contributed by atoms with E-state index in [1.165, 1.54) is 61.2 Å². The summed E-state index contributed by atoms with van der Waals surface area (Å²) in [5.41, 5.74) is 16.3. The number of pyridine rings is 1. The first-order valence-corrected chi connectivity index (χ1v) is 14.2. The Labute approximate surface area is 239 Å².